The van der Waals surface area contributed by atoms with Crippen LogP contribution in [0.2, 0.25) is 0 Å². The van der Waals surface area contributed by atoms with E-state index in [0.717, 1.165) is 25.4 Å². The van der Waals surface area contributed by atoms with Crippen LogP contribution in [0.5, 0.6) is 0 Å². The van der Waals surface area contributed by atoms with Crippen molar-refractivity contribution in [2.75, 3.05) is 25.1 Å². The zero-order valence-electron chi connectivity index (χ0n) is 9.46. The minimum absolute atomic E-state index is 0.316. The molecule has 1 N–H and O–H groups in total. The van der Waals surface area contributed by atoms with Crippen molar-refractivity contribution in [1.82, 2.24) is 5.32 Å². The lowest BCUT2D eigenvalue weighted by Gasteiger charge is -2.14. The van der Waals surface area contributed by atoms with Gasteiger partial charge in [-0.05, 0) is 50.0 Å². The van der Waals surface area contributed by atoms with Crippen molar-refractivity contribution in [3.63, 3.8) is 0 Å². The van der Waals surface area contributed by atoms with E-state index in [4.69, 9.17) is 0 Å². The Morgan fingerprint density at radius 1 is 1.33 bits per heavy atom. The zero-order chi connectivity index (χ0) is 10.9. The maximum Gasteiger partial charge on any atom is 0.147 e. The molecule has 0 aromatic rings. The van der Waals surface area contributed by atoms with Gasteiger partial charge in [-0.2, -0.15) is 0 Å². The van der Waals surface area contributed by atoms with Gasteiger partial charge < -0.3 is 5.32 Å². The third kappa shape index (κ3) is 3.45. The summed E-state index contributed by atoms with van der Waals surface area (Å²) < 4.78 is 21.8. The molecule has 2 saturated carbocycles. The van der Waals surface area contributed by atoms with Crippen molar-refractivity contribution in [1.29, 1.82) is 0 Å². The van der Waals surface area contributed by atoms with E-state index < -0.39 is 9.84 Å². The third-order valence-electron chi connectivity index (χ3n) is 3.68. The molecule has 0 spiro atoms. The van der Waals surface area contributed by atoms with Crippen LogP contribution in [0.4, 0.5) is 0 Å². The van der Waals surface area contributed by atoms with Crippen LogP contribution in [0.25, 0.3) is 0 Å². The van der Waals surface area contributed by atoms with Crippen LogP contribution in [0.1, 0.15) is 32.1 Å². The Labute approximate surface area is 92.6 Å². The zero-order valence-corrected chi connectivity index (χ0v) is 10.3. The van der Waals surface area contributed by atoms with Crippen LogP contribution < -0.4 is 5.32 Å². The van der Waals surface area contributed by atoms with Crippen LogP contribution in [0.15, 0.2) is 0 Å². The molecule has 0 bridgehead atoms. The fourth-order valence-corrected chi connectivity index (χ4v) is 3.05. The average molecular weight is 231 g/mol. The molecule has 0 heterocycles. The van der Waals surface area contributed by atoms with Gasteiger partial charge in [0.2, 0.25) is 0 Å². The Morgan fingerprint density at radius 3 is 2.47 bits per heavy atom. The van der Waals surface area contributed by atoms with Gasteiger partial charge in [0.05, 0.1) is 5.75 Å². The second-order valence-corrected chi connectivity index (χ2v) is 7.56. The quantitative estimate of drug-likeness (QED) is 0.670. The first-order valence-corrected chi connectivity index (χ1v) is 7.96. The van der Waals surface area contributed by atoms with E-state index in [1.165, 1.54) is 31.9 Å². The van der Waals surface area contributed by atoms with Crippen LogP contribution >= 0.6 is 0 Å². The lowest BCUT2D eigenvalue weighted by molar-refractivity contribution is 0.405. The van der Waals surface area contributed by atoms with Gasteiger partial charge in [-0.1, -0.05) is 0 Å². The topological polar surface area (TPSA) is 46.2 Å². The molecular formula is C11H21NO2S. The number of hydrogen-bond acceptors (Lipinski definition) is 3. The normalized spacial score (nSPS) is 24.1. The van der Waals surface area contributed by atoms with Crippen LogP contribution in [-0.2, 0) is 9.84 Å². The highest BCUT2D eigenvalue weighted by Gasteiger charge is 2.52. The first-order valence-electron chi connectivity index (χ1n) is 5.90. The number of nitrogens with one attached hydrogen (secondary N) is 1. The van der Waals surface area contributed by atoms with E-state index in [1.54, 1.807) is 0 Å². The molecule has 2 aliphatic carbocycles. The maximum absolute atomic E-state index is 10.9. The molecule has 2 rings (SSSR count). The summed E-state index contributed by atoms with van der Waals surface area (Å²) in [6.07, 6.45) is 7.67. The number of hydrogen-bond donors (Lipinski definition) is 1. The summed E-state index contributed by atoms with van der Waals surface area (Å²) in [6, 6.07) is 0. The van der Waals surface area contributed by atoms with Gasteiger partial charge >= 0.3 is 0 Å². The summed E-state index contributed by atoms with van der Waals surface area (Å²) in [6.45, 7) is 1.96. The van der Waals surface area contributed by atoms with E-state index in [1.807, 2.05) is 0 Å². The standard InChI is InChI=1S/C11H21NO2S/c1-15(13,14)8-2-7-12-9-11(5-6-11)10-3-4-10/h10,12H,2-9H2,1H3. The van der Waals surface area contributed by atoms with E-state index in [0.29, 0.717) is 11.2 Å². The summed E-state index contributed by atoms with van der Waals surface area (Å²) in [5, 5.41) is 3.42. The second kappa shape index (κ2) is 4.06. The summed E-state index contributed by atoms with van der Waals surface area (Å²) in [4.78, 5) is 0. The lowest BCUT2D eigenvalue weighted by Crippen LogP contribution is -2.27. The van der Waals surface area contributed by atoms with E-state index in [9.17, 15) is 8.42 Å². The molecule has 2 fully saturated rings. The van der Waals surface area contributed by atoms with Crippen LogP contribution in [-0.4, -0.2) is 33.5 Å². The highest BCUT2D eigenvalue weighted by molar-refractivity contribution is 7.90. The first kappa shape index (κ1) is 11.4. The Kier molecular flexibility index (Phi) is 3.08. The molecule has 0 amide bonds. The Balaban J connectivity index is 1.56. The van der Waals surface area contributed by atoms with Crippen molar-refractivity contribution in [3.05, 3.63) is 0 Å². The molecule has 2 aliphatic rings. The Morgan fingerprint density at radius 2 is 2.00 bits per heavy atom. The summed E-state index contributed by atoms with van der Waals surface area (Å²) >= 11 is 0. The van der Waals surface area contributed by atoms with E-state index in [2.05, 4.69) is 5.32 Å². The number of sulfone groups is 1. The van der Waals surface area contributed by atoms with Gasteiger partial charge in [0.25, 0.3) is 0 Å². The van der Waals surface area contributed by atoms with Crippen molar-refractivity contribution >= 4 is 9.84 Å². The lowest BCUT2D eigenvalue weighted by atomic mass is 10.0. The fourth-order valence-electron chi connectivity index (χ4n) is 2.38. The van der Waals surface area contributed by atoms with Gasteiger partial charge in [-0.25, -0.2) is 8.42 Å². The second-order valence-electron chi connectivity index (χ2n) is 5.30. The Hall–Kier alpha value is -0.0900. The molecule has 15 heavy (non-hydrogen) atoms. The average Bonchev–Trinajstić information content (AvgIpc) is 2.97. The van der Waals surface area contributed by atoms with Crippen molar-refractivity contribution < 1.29 is 8.42 Å². The largest absolute Gasteiger partial charge is 0.316 e. The molecule has 0 atom stereocenters. The molecule has 88 valence electrons. The van der Waals surface area contributed by atoms with Gasteiger partial charge in [-0.15, -0.1) is 0 Å². The van der Waals surface area contributed by atoms with Crippen LogP contribution in [0, 0.1) is 11.3 Å². The maximum atomic E-state index is 10.9. The smallest absolute Gasteiger partial charge is 0.147 e. The van der Waals surface area contributed by atoms with E-state index in [-0.39, 0.29) is 0 Å². The van der Waals surface area contributed by atoms with Crippen LogP contribution in [0.3, 0.4) is 0 Å². The summed E-state index contributed by atoms with van der Waals surface area (Å²) in [5.74, 6) is 1.30. The van der Waals surface area contributed by atoms with E-state index >= 15 is 0 Å². The van der Waals surface area contributed by atoms with Gasteiger partial charge in [0.1, 0.15) is 9.84 Å². The SMILES string of the molecule is CS(=O)(=O)CCCNCC1(C2CC2)CC1. The molecule has 3 nitrogen and oxygen atoms in total. The Bertz CT molecular complexity index is 315. The molecular weight excluding hydrogens is 210 g/mol. The predicted octanol–water partition coefficient (Wildman–Crippen LogP) is 1.20. The first-order chi connectivity index (χ1) is 7.02. The minimum Gasteiger partial charge on any atom is -0.316 e. The molecule has 0 aromatic carbocycles. The summed E-state index contributed by atoms with van der Waals surface area (Å²) in [7, 11) is -2.77. The highest BCUT2D eigenvalue weighted by atomic mass is 32.2. The molecule has 0 saturated heterocycles. The van der Waals surface area contributed by atoms with Crippen molar-refractivity contribution in [2.45, 2.75) is 32.1 Å². The number of rotatable bonds is 7. The minimum atomic E-state index is -2.77. The summed E-state index contributed by atoms with van der Waals surface area (Å²) in [5.41, 5.74) is 0.630. The van der Waals surface area contributed by atoms with Crippen molar-refractivity contribution in [3.8, 4) is 0 Å². The molecule has 0 unspecified atom stereocenters. The van der Waals surface area contributed by atoms with Crippen molar-refractivity contribution in [2.24, 2.45) is 11.3 Å². The fraction of sp³-hybridized carbons (Fsp3) is 1.00. The third-order valence-corrected chi connectivity index (χ3v) is 4.71. The molecule has 0 radical (unpaired) electrons. The monoisotopic (exact) mass is 231 g/mol. The molecule has 0 aliphatic heterocycles. The molecule has 0 aromatic heterocycles. The highest BCUT2D eigenvalue weighted by Crippen LogP contribution is 2.60. The van der Waals surface area contributed by atoms with Gasteiger partial charge in [-0.3, -0.25) is 0 Å². The van der Waals surface area contributed by atoms with Gasteiger partial charge in [0.15, 0.2) is 0 Å². The van der Waals surface area contributed by atoms with Gasteiger partial charge in [0, 0.05) is 12.8 Å². The molecule has 4 heteroatoms. The predicted molar refractivity (Wildman–Crippen MR) is 61.6 cm³/mol.